The SMILES string of the molecule is O=C1NC(=S)NC(=O)C1=Cc1ccc(N(c2ccccc2)c2ccccc2)s1. The third-order valence-corrected chi connectivity index (χ3v) is 5.31. The van der Waals surface area contributed by atoms with E-state index in [-0.39, 0.29) is 10.7 Å². The van der Waals surface area contributed by atoms with Crippen molar-refractivity contribution in [2.75, 3.05) is 4.90 Å². The summed E-state index contributed by atoms with van der Waals surface area (Å²) in [5, 5.41) is 5.89. The number of rotatable bonds is 4. The van der Waals surface area contributed by atoms with Crippen LogP contribution in [0.25, 0.3) is 6.08 Å². The lowest BCUT2D eigenvalue weighted by molar-refractivity contribution is -0.123. The Morgan fingerprint density at radius 2 is 1.32 bits per heavy atom. The van der Waals surface area contributed by atoms with E-state index in [1.54, 1.807) is 6.08 Å². The Labute approximate surface area is 171 Å². The monoisotopic (exact) mass is 405 g/mol. The van der Waals surface area contributed by atoms with Crippen LogP contribution in [0, 0.1) is 0 Å². The smallest absolute Gasteiger partial charge is 0.263 e. The molecule has 2 aromatic carbocycles. The standard InChI is InChI=1S/C21H15N3O2S2/c25-19-17(20(26)23-21(27)22-19)13-16-11-12-18(28-16)24(14-7-3-1-4-8-14)15-9-5-2-6-10-15/h1-13H,(H2,22,23,25,26,27). The molecule has 0 spiro atoms. The molecular weight excluding hydrogens is 390 g/mol. The Bertz CT molecular complexity index is 1010. The van der Waals surface area contributed by atoms with Gasteiger partial charge in [-0.3, -0.25) is 20.2 Å². The van der Waals surface area contributed by atoms with E-state index in [1.165, 1.54) is 11.3 Å². The minimum Gasteiger partial charge on any atom is -0.302 e. The number of hydrogen-bond donors (Lipinski definition) is 2. The minimum absolute atomic E-state index is 0.0262. The van der Waals surface area contributed by atoms with Gasteiger partial charge < -0.3 is 4.90 Å². The second-order valence-electron chi connectivity index (χ2n) is 5.98. The zero-order valence-electron chi connectivity index (χ0n) is 14.6. The molecule has 0 aliphatic carbocycles. The van der Waals surface area contributed by atoms with Crippen LogP contribution in [-0.2, 0) is 9.59 Å². The van der Waals surface area contributed by atoms with Gasteiger partial charge in [-0.05, 0) is 54.7 Å². The van der Waals surface area contributed by atoms with Crippen LogP contribution in [0.2, 0.25) is 0 Å². The summed E-state index contributed by atoms with van der Waals surface area (Å²) >= 11 is 6.31. The predicted molar refractivity (Wildman–Crippen MR) is 116 cm³/mol. The van der Waals surface area contributed by atoms with Crippen molar-refractivity contribution in [2.24, 2.45) is 0 Å². The first-order chi connectivity index (χ1) is 13.6. The van der Waals surface area contributed by atoms with Crippen molar-refractivity contribution >= 4 is 62.9 Å². The molecule has 3 aromatic rings. The van der Waals surface area contributed by atoms with Crippen LogP contribution in [0.15, 0.2) is 78.4 Å². The first kappa shape index (κ1) is 18.1. The van der Waals surface area contributed by atoms with Gasteiger partial charge in [0.05, 0.1) is 0 Å². The zero-order chi connectivity index (χ0) is 19.5. The fourth-order valence-electron chi connectivity index (χ4n) is 2.85. The van der Waals surface area contributed by atoms with E-state index in [9.17, 15) is 9.59 Å². The fourth-order valence-corrected chi connectivity index (χ4v) is 4.02. The molecule has 0 bridgehead atoms. The molecule has 0 saturated carbocycles. The number of benzene rings is 2. The van der Waals surface area contributed by atoms with E-state index < -0.39 is 11.8 Å². The molecule has 2 heterocycles. The summed E-state index contributed by atoms with van der Waals surface area (Å²) < 4.78 is 0. The third kappa shape index (κ3) is 3.71. The van der Waals surface area contributed by atoms with Crippen molar-refractivity contribution < 1.29 is 9.59 Å². The molecule has 138 valence electrons. The summed E-state index contributed by atoms with van der Waals surface area (Å²) in [7, 11) is 0. The summed E-state index contributed by atoms with van der Waals surface area (Å²) in [5.74, 6) is -0.988. The highest BCUT2D eigenvalue weighted by Gasteiger charge is 2.26. The Balaban J connectivity index is 1.72. The molecule has 1 fully saturated rings. The largest absolute Gasteiger partial charge is 0.302 e. The number of thiophene rings is 1. The molecule has 7 heteroatoms. The van der Waals surface area contributed by atoms with Crippen LogP contribution < -0.4 is 15.5 Å². The second-order valence-corrected chi connectivity index (χ2v) is 7.48. The average molecular weight is 406 g/mol. The van der Waals surface area contributed by atoms with Gasteiger partial charge in [0.25, 0.3) is 11.8 Å². The van der Waals surface area contributed by atoms with Crippen LogP contribution in [-0.4, -0.2) is 16.9 Å². The Morgan fingerprint density at radius 1 is 0.786 bits per heavy atom. The first-order valence-electron chi connectivity index (χ1n) is 8.50. The zero-order valence-corrected chi connectivity index (χ0v) is 16.2. The van der Waals surface area contributed by atoms with Crippen molar-refractivity contribution in [1.29, 1.82) is 0 Å². The van der Waals surface area contributed by atoms with E-state index in [0.29, 0.717) is 0 Å². The topological polar surface area (TPSA) is 61.4 Å². The molecule has 0 unspecified atom stereocenters. The lowest BCUT2D eigenvalue weighted by Gasteiger charge is -2.23. The Hall–Kier alpha value is -3.29. The van der Waals surface area contributed by atoms with Crippen LogP contribution in [0.4, 0.5) is 16.4 Å². The normalized spacial score (nSPS) is 13.7. The van der Waals surface area contributed by atoms with E-state index in [0.717, 1.165) is 21.3 Å². The number of nitrogens with one attached hydrogen (secondary N) is 2. The van der Waals surface area contributed by atoms with Gasteiger partial charge in [-0.15, -0.1) is 11.3 Å². The maximum Gasteiger partial charge on any atom is 0.263 e. The Morgan fingerprint density at radius 3 is 1.86 bits per heavy atom. The molecule has 1 aliphatic heterocycles. The molecule has 4 rings (SSSR count). The Kier molecular flexibility index (Phi) is 5.01. The molecule has 5 nitrogen and oxygen atoms in total. The number of amides is 2. The van der Waals surface area contributed by atoms with Gasteiger partial charge in [0.1, 0.15) is 10.6 Å². The maximum absolute atomic E-state index is 12.1. The quantitative estimate of drug-likeness (QED) is 0.389. The maximum atomic E-state index is 12.1. The molecule has 2 N–H and O–H groups in total. The molecule has 28 heavy (non-hydrogen) atoms. The summed E-state index contributed by atoms with van der Waals surface area (Å²) in [6.07, 6.45) is 1.58. The van der Waals surface area contributed by atoms with Gasteiger partial charge in [0, 0.05) is 16.3 Å². The van der Waals surface area contributed by atoms with Gasteiger partial charge in [-0.2, -0.15) is 0 Å². The molecule has 2 amide bonds. The summed E-state index contributed by atoms with van der Waals surface area (Å²) in [5.41, 5.74) is 2.08. The second kappa shape index (κ2) is 7.75. The van der Waals surface area contributed by atoms with E-state index in [1.807, 2.05) is 72.8 Å². The number of anilines is 3. The van der Waals surface area contributed by atoms with Crippen molar-refractivity contribution in [2.45, 2.75) is 0 Å². The first-order valence-corrected chi connectivity index (χ1v) is 9.73. The number of hydrogen-bond acceptors (Lipinski definition) is 5. The number of nitrogens with zero attached hydrogens (tertiary/aromatic N) is 1. The van der Waals surface area contributed by atoms with Crippen LogP contribution >= 0.6 is 23.6 Å². The van der Waals surface area contributed by atoms with Crippen molar-refractivity contribution in [1.82, 2.24) is 10.6 Å². The number of para-hydroxylation sites is 2. The van der Waals surface area contributed by atoms with E-state index >= 15 is 0 Å². The highest BCUT2D eigenvalue weighted by Crippen LogP contribution is 2.39. The lowest BCUT2D eigenvalue weighted by atomic mass is 10.2. The van der Waals surface area contributed by atoms with Crippen molar-refractivity contribution in [3.05, 3.63) is 83.2 Å². The minimum atomic E-state index is -0.494. The average Bonchev–Trinajstić information content (AvgIpc) is 3.15. The summed E-state index contributed by atoms with van der Waals surface area (Å²) in [6, 6.07) is 23.9. The lowest BCUT2D eigenvalue weighted by Crippen LogP contribution is -2.51. The number of carbonyl (C=O) groups is 2. The van der Waals surface area contributed by atoms with Gasteiger partial charge in [-0.25, -0.2) is 0 Å². The van der Waals surface area contributed by atoms with Crippen molar-refractivity contribution in [3.8, 4) is 0 Å². The van der Waals surface area contributed by atoms with Crippen LogP contribution in [0.5, 0.6) is 0 Å². The van der Waals surface area contributed by atoms with Crippen molar-refractivity contribution in [3.63, 3.8) is 0 Å². The third-order valence-electron chi connectivity index (χ3n) is 4.09. The van der Waals surface area contributed by atoms with Gasteiger partial charge >= 0.3 is 0 Å². The van der Waals surface area contributed by atoms with Crippen LogP contribution in [0.3, 0.4) is 0 Å². The highest BCUT2D eigenvalue weighted by molar-refractivity contribution is 7.80. The number of thiocarbonyl (C=S) groups is 1. The van der Waals surface area contributed by atoms with Gasteiger partial charge in [0.2, 0.25) is 0 Å². The van der Waals surface area contributed by atoms with Gasteiger partial charge in [-0.1, -0.05) is 36.4 Å². The summed E-state index contributed by atoms with van der Waals surface area (Å²) in [6.45, 7) is 0. The highest BCUT2D eigenvalue weighted by atomic mass is 32.1. The summed E-state index contributed by atoms with van der Waals surface area (Å²) in [4.78, 5) is 27.1. The molecule has 1 saturated heterocycles. The molecule has 0 atom stereocenters. The predicted octanol–water partition coefficient (Wildman–Crippen LogP) is 4.13. The van der Waals surface area contributed by atoms with E-state index in [4.69, 9.17) is 12.2 Å². The number of carbonyl (C=O) groups excluding carboxylic acids is 2. The molecular formula is C21H15N3O2S2. The molecule has 0 radical (unpaired) electrons. The molecule has 1 aliphatic rings. The van der Waals surface area contributed by atoms with Gasteiger partial charge in [0.15, 0.2) is 5.11 Å². The molecule has 1 aromatic heterocycles. The van der Waals surface area contributed by atoms with E-state index in [2.05, 4.69) is 15.5 Å². The van der Waals surface area contributed by atoms with Crippen LogP contribution in [0.1, 0.15) is 4.88 Å². The fraction of sp³-hybridized carbons (Fsp3) is 0.